The van der Waals surface area contributed by atoms with Gasteiger partial charge in [-0.15, -0.1) is 16.4 Å². The SMILES string of the molecule is O=C(CCCc1cccs1)NCCn1cc(C(=O)O)nn1. The number of rotatable bonds is 8. The predicted molar refractivity (Wildman–Crippen MR) is 77.2 cm³/mol. The fourth-order valence-corrected chi connectivity index (χ4v) is 2.53. The van der Waals surface area contributed by atoms with E-state index >= 15 is 0 Å². The van der Waals surface area contributed by atoms with Gasteiger partial charge in [-0.3, -0.25) is 4.79 Å². The van der Waals surface area contributed by atoms with Crippen LogP contribution in [-0.4, -0.2) is 38.5 Å². The average Bonchev–Trinajstić information content (AvgIpc) is 3.09. The quantitative estimate of drug-likeness (QED) is 0.763. The van der Waals surface area contributed by atoms with Crippen molar-refractivity contribution in [3.05, 3.63) is 34.3 Å². The Morgan fingerprint density at radius 1 is 1.43 bits per heavy atom. The number of hydrogen-bond donors (Lipinski definition) is 2. The highest BCUT2D eigenvalue weighted by Gasteiger charge is 2.08. The summed E-state index contributed by atoms with van der Waals surface area (Å²) in [5.74, 6) is -1.12. The van der Waals surface area contributed by atoms with Crippen molar-refractivity contribution in [2.75, 3.05) is 6.54 Å². The van der Waals surface area contributed by atoms with Gasteiger partial charge in [0.15, 0.2) is 5.69 Å². The van der Waals surface area contributed by atoms with Crippen molar-refractivity contribution >= 4 is 23.2 Å². The maximum Gasteiger partial charge on any atom is 0.358 e. The molecule has 0 bridgehead atoms. The van der Waals surface area contributed by atoms with E-state index in [0.29, 0.717) is 19.5 Å². The van der Waals surface area contributed by atoms with Crippen LogP contribution in [-0.2, 0) is 17.8 Å². The average molecular weight is 308 g/mol. The van der Waals surface area contributed by atoms with Gasteiger partial charge in [0.1, 0.15) is 0 Å². The smallest absolute Gasteiger partial charge is 0.358 e. The number of amides is 1. The monoisotopic (exact) mass is 308 g/mol. The molecule has 2 aromatic rings. The lowest BCUT2D eigenvalue weighted by atomic mass is 10.2. The van der Waals surface area contributed by atoms with E-state index in [2.05, 4.69) is 21.7 Å². The standard InChI is InChI=1S/C13H16N4O3S/c18-12(5-1-3-10-4-2-8-21-10)14-6-7-17-9-11(13(19)20)15-16-17/h2,4,8-9H,1,3,5-7H2,(H,14,18)(H,19,20). The first kappa shape index (κ1) is 15.2. The molecule has 1 amide bonds. The van der Waals surface area contributed by atoms with Crippen LogP contribution in [0.1, 0.15) is 28.2 Å². The van der Waals surface area contributed by atoms with E-state index in [0.717, 1.165) is 12.8 Å². The molecule has 2 heterocycles. The number of carbonyl (C=O) groups is 2. The summed E-state index contributed by atoms with van der Waals surface area (Å²) < 4.78 is 1.40. The number of aryl methyl sites for hydroxylation is 1. The van der Waals surface area contributed by atoms with Crippen LogP contribution in [0.2, 0.25) is 0 Å². The lowest BCUT2D eigenvalue weighted by Gasteiger charge is -2.04. The fraction of sp³-hybridized carbons (Fsp3) is 0.385. The summed E-state index contributed by atoms with van der Waals surface area (Å²) in [6.07, 6.45) is 3.55. The van der Waals surface area contributed by atoms with Gasteiger partial charge in [-0.05, 0) is 24.3 Å². The Labute approximate surface area is 125 Å². The Hall–Kier alpha value is -2.22. The molecule has 21 heavy (non-hydrogen) atoms. The first-order valence-electron chi connectivity index (χ1n) is 6.57. The van der Waals surface area contributed by atoms with Gasteiger partial charge in [0, 0.05) is 17.8 Å². The number of thiophene rings is 1. The van der Waals surface area contributed by atoms with Crippen molar-refractivity contribution in [2.24, 2.45) is 0 Å². The first-order chi connectivity index (χ1) is 10.1. The molecular weight excluding hydrogens is 292 g/mol. The summed E-state index contributed by atoms with van der Waals surface area (Å²) in [4.78, 5) is 23.5. The molecule has 2 rings (SSSR count). The Morgan fingerprint density at radius 2 is 2.29 bits per heavy atom. The molecule has 0 aliphatic rings. The van der Waals surface area contributed by atoms with Gasteiger partial charge in [0.25, 0.3) is 0 Å². The van der Waals surface area contributed by atoms with Gasteiger partial charge in [0.2, 0.25) is 5.91 Å². The van der Waals surface area contributed by atoms with Crippen LogP contribution in [0.4, 0.5) is 0 Å². The number of carboxylic acid groups (broad SMARTS) is 1. The minimum atomic E-state index is -1.11. The number of aromatic carboxylic acids is 1. The van der Waals surface area contributed by atoms with Crippen LogP contribution >= 0.6 is 11.3 Å². The third-order valence-electron chi connectivity index (χ3n) is 2.83. The lowest BCUT2D eigenvalue weighted by Crippen LogP contribution is -2.27. The van der Waals surface area contributed by atoms with Crippen LogP contribution in [0.25, 0.3) is 0 Å². The molecule has 112 valence electrons. The molecule has 0 spiro atoms. The molecule has 0 saturated heterocycles. The number of hydrogen-bond acceptors (Lipinski definition) is 5. The summed E-state index contributed by atoms with van der Waals surface area (Å²) in [5.41, 5.74) is -0.0997. The second-order valence-electron chi connectivity index (χ2n) is 4.45. The second-order valence-corrected chi connectivity index (χ2v) is 5.49. The van der Waals surface area contributed by atoms with Crippen molar-refractivity contribution in [1.29, 1.82) is 0 Å². The summed E-state index contributed by atoms with van der Waals surface area (Å²) in [6.45, 7) is 0.803. The summed E-state index contributed by atoms with van der Waals surface area (Å²) >= 11 is 1.70. The summed E-state index contributed by atoms with van der Waals surface area (Å²) in [5, 5.41) is 20.7. The molecule has 0 radical (unpaired) electrons. The van der Waals surface area contributed by atoms with E-state index in [1.54, 1.807) is 11.3 Å². The normalized spacial score (nSPS) is 10.5. The summed E-state index contributed by atoms with van der Waals surface area (Å²) in [6, 6.07) is 4.07. The second kappa shape index (κ2) is 7.53. The molecule has 0 aliphatic carbocycles. The Bertz CT molecular complexity index is 594. The zero-order valence-electron chi connectivity index (χ0n) is 11.4. The number of carbonyl (C=O) groups excluding carboxylic acids is 1. The van der Waals surface area contributed by atoms with E-state index in [4.69, 9.17) is 5.11 Å². The van der Waals surface area contributed by atoms with E-state index < -0.39 is 5.97 Å². The van der Waals surface area contributed by atoms with E-state index in [9.17, 15) is 9.59 Å². The third kappa shape index (κ3) is 4.99. The predicted octanol–water partition coefficient (Wildman–Crippen LogP) is 1.18. The van der Waals surface area contributed by atoms with Crippen molar-refractivity contribution < 1.29 is 14.7 Å². The van der Waals surface area contributed by atoms with E-state index in [1.165, 1.54) is 15.8 Å². The molecule has 0 aliphatic heterocycles. The minimum absolute atomic E-state index is 0.00914. The van der Waals surface area contributed by atoms with Gasteiger partial charge >= 0.3 is 5.97 Å². The molecule has 0 aromatic carbocycles. The number of aromatic nitrogens is 3. The minimum Gasteiger partial charge on any atom is -0.476 e. The maximum absolute atomic E-state index is 11.6. The Morgan fingerprint density at radius 3 is 2.95 bits per heavy atom. The highest BCUT2D eigenvalue weighted by molar-refractivity contribution is 7.09. The van der Waals surface area contributed by atoms with E-state index in [-0.39, 0.29) is 11.6 Å². The largest absolute Gasteiger partial charge is 0.476 e. The van der Waals surface area contributed by atoms with Gasteiger partial charge in [-0.25, -0.2) is 9.48 Å². The number of nitrogens with one attached hydrogen (secondary N) is 1. The van der Waals surface area contributed by atoms with E-state index in [1.807, 2.05) is 11.4 Å². The van der Waals surface area contributed by atoms with Crippen molar-refractivity contribution in [1.82, 2.24) is 20.3 Å². The highest BCUT2D eigenvalue weighted by atomic mass is 32.1. The third-order valence-corrected chi connectivity index (χ3v) is 3.76. The van der Waals surface area contributed by atoms with Gasteiger partial charge < -0.3 is 10.4 Å². The maximum atomic E-state index is 11.6. The highest BCUT2D eigenvalue weighted by Crippen LogP contribution is 2.11. The molecule has 2 aromatic heterocycles. The lowest BCUT2D eigenvalue weighted by molar-refractivity contribution is -0.121. The zero-order chi connectivity index (χ0) is 15.1. The summed E-state index contributed by atoms with van der Waals surface area (Å²) in [7, 11) is 0. The molecule has 0 saturated carbocycles. The van der Waals surface area contributed by atoms with Gasteiger partial charge in [0.05, 0.1) is 12.7 Å². The molecular formula is C13H16N4O3S. The van der Waals surface area contributed by atoms with Gasteiger partial charge in [-0.1, -0.05) is 11.3 Å². The molecule has 0 atom stereocenters. The van der Waals surface area contributed by atoms with Crippen LogP contribution in [0.3, 0.4) is 0 Å². The molecule has 0 fully saturated rings. The van der Waals surface area contributed by atoms with Crippen molar-refractivity contribution in [2.45, 2.75) is 25.8 Å². The zero-order valence-corrected chi connectivity index (χ0v) is 12.2. The van der Waals surface area contributed by atoms with Crippen LogP contribution in [0.5, 0.6) is 0 Å². The fourth-order valence-electron chi connectivity index (χ4n) is 1.78. The first-order valence-corrected chi connectivity index (χ1v) is 7.45. The van der Waals surface area contributed by atoms with Crippen LogP contribution < -0.4 is 5.32 Å². The molecule has 8 heteroatoms. The number of nitrogens with zero attached hydrogens (tertiary/aromatic N) is 3. The molecule has 0 unspecified atom stereocenters. The van der Waals surface area contributed by atoms with Gasteiger partial charge in [-0.2, -0.15) is 0 Å². The van der Waals surface area contributed by atoms with Crippen molar-refractivity contribution in [3.63, 3.8) is 0 Å². The van der Waals surface area contributed by atoms with Crippen molar-refractivity contribution in [3.8, 4) is 0 Å². The van der Waals surface area contributed by atoms with Crippen LogP contribution in [0, 0.1) is 0 Å². The Balaban J connectivity index is 1.61. The topological polar surface area (TPSA) is 97.1 Å². The number of carboxylic acids is 1. The van der Waals surface area contributed by atoms with Crippen LogP contribution in [0.15, 0.2) is 23.7 Å². The Kier molecular flexibility index (Phi) is 5.44. The molecule has 2 N–H and O–H groups in total. The molecule has 7 nitrogen and oxygen atoms in total.